The molecule has 2 fully saturated rings. The Morgan fingerprint density at radius 2 is 1.61 bits per heavy atom. The van der Waals surface area contributed by atoms with Crippen LogP contribution in [0.25, 0.3) is 22.3 Å². The third-order valence-electron chi connectivity index (χ3n) is 8.90. The van der Waals surface area contributed by atoms with Crippen molar-refractivity contribution in [1.29, 1.82) is 0 Å². The molecule has 0 unspecified atom stereocenters. The number of rotatable bonds is 8. The van der Waals surface area contributed by atoms with Gasteiger partial charge in [-0.1, -0.05) is 54.6 Å². The third kappa shape index (κ3) is 7.47. The number of hydrogen-bond acceptors (Lipinski definition) is 5. The predicted molar refractivity (Wildman–Crippen MR) is 163 cm³/mol. The molecule has 7 nitrogen and oxygen atoms in total. The second kappa shape index (κ2) is 12.3. The number of anilines is 1. The average Bonchev–Trinajstić information content (AvgIpc) is 2.95. The maximum Gasteiger partial charge on any atom is 0.406 e. The molecule has 4 N–H and O–H groups in total. The molecule has 2 saturated carbocycles. The van der Waals surface area contributed by atoms with Crippen LogP contribution in [-0.4, -0.2) is 51.2 Å². The van der Waals surface area contributed by atoms with Crippen LogP contribution >= 0.6 is 0 Å². The number of aromatic nitrogens is 1. The van der Waals surface area contributed by atoms with Gasteiger partial charge in [0.25, 0.3) is 0 Å². The minimum atomic E-state index is -4.44. The maximum atomic E-state index is 13.0. The zero-order valence-electron chi connectivity index (χ0n) is 25.0. The average molecular weight is 609 g/mol. The van der Waals surface area contributed by atoms with Crippen LogP contribution in [0.4, 0.5) is 19.0 Å². The standard InChI is InChI=1S/C34H39F3N4O3/c1-22(42)41(21-34(35,36)37)27-14-8-23(9-15-27)16-31(43)40-30-17-28(24-6-4-3-5-7-24)29(18-39-30)25-10-12-26(13-11-25)33(38)19-32(2,44)20-33/h3-7,10-13,17-18,23,27,44H,8-9,14-16,19-21,38H2,1-2H3,(H,39,40,43)/t23?,27?,32-,33-. The Morgan fingerprint density at radius 1 is 1.00 bits per heavy atom. The number of nitrogens with zero attached hydrogens (tertiary/aromatic N) is 2. The van der Waals surface area contributed by atoms with E-state index in [0.29, 0.717) is 44.3 Å². The fourth-order valence-electron chi connectivity index (χ4n) is 6.91. The van der Waals surface area contributed by atoms with E-state index < -0.39 is 35.8 Å². The molecule has 10 heteroatoms. The number of benzene rings is 2. The van der Waals surface area contributed by atoms with Crippen molar-refractivity contribution in [1.82, 2.24) is 9.88 Å². The SMILES string of the molecule is CC(=O)N(CC(F)(F)F)C1CCC(CC(=O)Nc2cc(-c3ccccc3)c(-c3ccc([C@]4(N)C[C@](C)(O)C4)cc3)cn2)CC1. The summed E-state index contributed by atoms with van der Waals surface area (Å²) in [4.78, 5) is 30.3. The molecule has 234 valence electrons. The van der Waals surface area contributed by atoms with Crippen LogP contribution in [0.1, 0.15) is 64.4 Å². The molecule has 2 aromatic carbocycles. The number of carbonyl (C=O) groups is 2. The van der Waals surface area contributed by atoms with Gasteiger partial charge in [0.15, 0.2) is 0 Å². The van der Waals surface area contributed by atoms with E-state index in [1.807, 2.05) is 60.7 Å². The number of nitrogens with two attached hydrogens (primary N) is 1. The first kappa shape index (κ1) is 31.7. The maximum absolute atomic E-state index is 13.0. The highest BCUT2D eigenvalue weighted by Crippen LogP contribution is 2.46. The van der Waals surface area contributed by atoms with Crippen LogP contribution in [0.5, 0.6) is 0 Å². The largest absolute Gasteiger partial charge is 0.406 e. The molecule has 1 aromatic heterocycles. The van der Waals surface area contributed by atoms with Gasteiger partial charge in [0, 0.05) is 36.7 Å². The minimum absolute atomic E-state index is 0.0162. The topological polar surface area (TPSA) is 109 Å². The number of alkyl halides is 3. The fourth-order valence-corrected chi connectivity index (χ4v) is 6.91. The normalized spacial score (nSPS) is 25.2. The van der Waals surface area contributed by atoms with Crippen LogP contribution in [0.3, 0.4) is 0 Å². The van der Waals surface area contributed by atoms with Crippen molar-refractivity contribution in [2.45, 2.75) is 82.2 Å². The van der Waals surface area contributed by atoms with Crippen molar-refractivity contribution in [2.75, 3.05) is 11.9 Å². The number of carbonyl (C=O) groups excluding carboxylic acids is 2. The van der Waals surface area contributed by atoms with Gasteiger partial charge in [-0.2, -0.15) is 13.2 Å². The smallest absolute Gasteiger partial charge is 0.390 e. The molecular formula is C34H39F3N4O3. The van der Waals surface area contributed by atoms with Crippen LogP contribution in [0, 0.1) is 5.92 Å². The van der Waals surface area contributed by atoms with E-state index in [1.54, 1.807) is 13.1 Å². The summed E-state index contributed by atoms with van der Waals surface area (Å²) in [7, 11) is 0. The fraction of sp³-hybridized carbons (Fsp3) is 0.441. The van der Waals surface area contributed by atoms with Crippen LogP contribution in [0.15, 0.2) is 66.9 Å². The van der Waals surface area contributed by atoms with Gasteiger partial charge in [-0.3, -0.25) is 9.59 Å². The number of hydrogen-bond donors (Lipinski definition) is 3. The minimum Gasteiger partial charge on any atom is -0.390 e. The number of aliphatic hydroxyl groups is 1. The van der Waals surface area contributed by atoms with Gasteiger partial charge in [0.1, 0.15) is 12.4 Å². The van der Waals surface area contributed by atoms with Gasteiger partial charge in [-0.05, 0) is 79.7 Å². The first-order chi connectivity index (χ1) is 20.7. The van der Waals surface area contributed by atoms with Gasteiger partial charge < -0.3 is 21.1 Å². The summed E-state index contributed by atoms with van der Waals surface area (Å²) >= 11 is 0. The van der Waals surface area contributed by atoms with Crippen molar-refractivity contribution >= 4 is 17.6 Å². The Balaban J connectivity index is 1.26. The van der Waals surface area contributed by atoms with Crippen molar-refractivity contribution in [3.05, 3.63) is 72.4 Å². The molecule has 0 radical (unpaired) electrons. The highest BCUT2D eigenvalue weighted by molar-refractivity contribution is 5.92. The molecule has 5 rings (SSSR count). The Hall–Kier alpha value is -3.76. The van der Waals surface area contributed by atoms with E-state index in [1.165, 1.54) is 6.92 Å². The summed E-state index contributed by atoms with van der Waals surface area (Å²) in [5.41, 5.74) is 9.88. The second-order valence-electron chi connectivity index (χ2n) is 12.8. The lowest BCUT2D eigenvalue weighted by Gasteiger charge is -2.49. The quantitative estimate of drug-likeness (QED) is 0.274. The summed E-state index contributed by atoms with van der Waals surface area (Å²) in [6, 6.07) is 19.2. The molecule has 2 aliphatic rings. The monoisotopic (exact) mass is 608 g/mol. The molecule has 0 saturated heterocycles. The van der Waals surface area contributed by atoms with Crippen molar-refractivity contribution in [3.8, 4) is 22.3 Å². The Bertz CT molecular complexity index is 1480. The van der Waals surface area contributed by atoms with E-state index >= 15 is 0 Å². The van der Waals surface area contributed by atoms with Crippen molar-refractivity contribution in [3.63, 3.8) is 0 Å². The van der Waals surface area contributed by atoms with E-state index in [-0.39, 0.29) is 18.2 Å². The van der Waals surface area contributed by atoms with Crippen molar-refractivity contribution in [2.24, 2.45) is 11.7 Å². The Labute approximate surface area is 255 Å². The third-order valence-corrected chi connectivity index (χ3v) is 8.90. The lowest BCUT2D eigenvalue weighted by molar-refractivity contribution is -0.166. The summed E-state index contributed by atoms with van der Waals surface area (Å²) in [5.74, 6) is -0.365. The van der Waals surface area contributed by atoms with Crippen LogP contribution < -0.4 is 11.1 Å². The van der Waals surface area contributed by atoms with Gasteiger partial charge in [-0.15, -0.1) is 0 Å². The highest BCUT2D eigenvalue weighted by Gasteiger charge is 2.49. The highest BCUT2D eigenvalue weighted by atomic mass is 19.4. The lowest BCUT2D eigenvalue weighted by atomic mass is 9.63. The first-order valence-corrected chi connectivity index (χ1v) is 15.0. The molecule has 2 aliphatic carbocycles. The van der Waals surface area contributed by atoms with Crippen molar-refractivity contribution < 1.29 is 27.9 Å². The van der Waals surface area contributed by atoms with Crippen LogP contribution in [0.2, 0.25) is 0 Å². The van der Waals surface area contributed by atoms with E-state index in [0.717, 1.165) is 32.7 Å². The van der Waals surface area contributed by atoms with E-state index in [4.69, 9.17) is 5.73 Å². The second-order valence-corrected chi connectivity index (χ2v) is 12.8. The van der Waals surface area contributed by atoms with Gasteiger partial charge in [0.2, 0.25) is 11.8 Å². The summed E-state index contributed by atoms with van der Waals surface area (Å²) in [5, 5.41) is 13.1. The first-order valence-electron chi connectivity index (χ1n) is 15.0. The Kier molecular flexibility index (Phi) is 8.87. The van der Waals surface area contributed by atoms with Gasteiger partial charge >= 0.3 is 6.18 Å². The zero-order chi connectivity index (χ0) is 31.7. The summed E-state index contributed by atoms with van der Waals surface area (Å²) < 4.78 is 38.9. The van der Waals surface area contributed by atoms with E-state index in [2.05, 4.69) is 10.3 Å². The number of amides is 2. The van der Waals surface area contributed by atoms with Crippen LogP contribution in [-0.2, 0) is 15.1 Å². The molecule has 0 spiro atoms. The molecule has 1 heterocycles. The number of nitrogens with one attached hydrogen (secondary N) is 1. The van der Waals surface area contributed by atoms with E-state index in [9.17, 15) is 27.9 Å². The molecule has 0 bridgehead atoms. The predicted octanol–water partition coefficient (Wildman–Crippen LogP) is 6.41. The molecule has 0 atom stereocenters. The summed E-state index contributed by atoms with van der Waals surface area (Å²) in [6.07, 6.45) is 0.524. The lowest BCUT2D eigenvalue weighted by Crippen LogP contribution is -2.58. The molecule has 2 amide bonds. The molecule has 0 aliphatic heterocycles. The zero-order valence-corrected chi connectivity index (χ0v) is 25.0. The number of pyridine rings is 1. The number of halogens is 3. The van der Waals surface area contributed by atoms with Gasteiger partial charge in [0.05, 0.1) is 5.60 Å². The Morgan fingerprint density at radius 3 is 2.18 bits per heavy atom. The molecule has 44 heavy (non-hydrogen) atoms. The molecule has 3 aromatic rings. The molecular weight excluding hydrogens is 569 g/mol. The summed E-state index contributed by atoms with van der Waals surface area (Å²) in [6.45, 7) is 1.71. The van der Waals surface area contributed by atoms with Gasteiger partial charge in [-0.25, -0.2) is 4.98 Å².